The molecule has 0 spiro atoms. The van der Waals surface area contributed by atoms with Crippen LogP contribution in [0.15, 0.2) is 133 Å². The molecule has 8 heteroatoms. The van der Waals surface area contributed by atoms with Gasteiger partial charge < -0.3 is 20.1 Å². The van der Waals surface area contributed by atoms with Crippen molar-refractivity contribution in [3.63, 3.8) is 0 Å². The minimum Gasteiger partial charge on any atom is -0.494 e. The van der Waals surface area contributed by atoms with E-state index in [2.05, 4.69) is 10.6 Å². The Labute approximate surface area is 289 Å². The summed E-state index contributed by atoms with van der Waals surface area (Å²) in [6, 6.07) is 41.2. The third-order valence-electron chi connectivity index (χ3n) is 8.21. The Morgan fingerprint density at radius 1 is 0.520 bits per heavy atom. The second-order valence-electron chi connectivity index (χ2n) is 11.6. The second kappa shape index (κ2) is 14.3. The zero-order valence-corrected chi connectivity index (χ0v) is 27.6. The van der Waals surface area contributed by atoms with Gasteiger partial charge in [-0.2, -0.15) is 0 Å². The van der Waals surface area contributed by atoms with E-state index in [1.54, 1.807) is 36.4 Å². The van der Waals surface area contributed by atoms with Crippen LogP contribution in [-0.2, 0) is 0 Å². The summed E-state index contributed by atoms with van der Waals surface area (Å²) in [4.78, 5) is 38.1. The summed E-state index contributed by atoms with van der Waals surface area (Å²) in [6.07, 6.45) is 0. The third kappa shape index (κ3) is 6.86. The average molecular weight is 659 g/mol. The summed E-state index contributed by atoms with van der Waals surface area (Å²) in [6.45, 7) is 4.94. The van der Waals surface area contributed by atoms with Crippen LogP contribution in [0.1, 0.15) is 34.6 Å². The summed E-state index contributed by atoms with van der Waals surface area (Å²) < 4.78 is 11.1. The topological polar surface area (TPSA) is 102 Å². The van der Waals surface area contributed by atoms with E-state index < -0.39 is 0 Å². The zero-order chi connectivity index (χ0) is 34.5. The van der Waals surface area contributed by atoms with Gasteiger partial charge in [-0.3, -0.25) is 9.59 Å². The highest BCUT2D eigenvalue weighted by atomic mass is 16.5. The zero-order valence-electron chi connectivity index (χ0n) is 27.6. The minimum absolute atomic E-state index is 0.313. The van der Waals surface area contributed by atoms with Crippen molar-refractivity contribution in [3.05, 3.63) is 145 Å². The molecule has 0 bridgehead atoms. The van der Waals surface area contributed by atoms with Crippen molar-refractivity contribution in [1.29, 1.82) is 0 Å². The highest BCUT2D eigenvalue weighted by Gasteiger charge is 2.20. The minimum atomic E-state index is -0.313. The number of fused-ring (bicyclic) bond motifs is 2. The lowest BCUT2D eigenvalue weighted by Crippen LogP contribution is -2.14. The fourth-order valence-corrected chi connectivity index (χ4v) is 5.84. The van der Waals surface area contributed by atoms with Crippen molar-refractivity contribution >= 4 is 45.0 Å². The first kappa shape index (κ1) is 32.0. The largest absolute Gasteiger partial charge is 0.494 e. The lowest BCUT2D eigenvalue weighted by Gasteiger charge is -2.15. The monoisotopic (exact) mass is 658 g/mol. The number of nitrogens with one attached hydrogen (secondary N) is 2. The second-order valence-corrected chi connectivity index (χ2v) is 11.6. The number of aromatic nitrogens is 2. The van der Waals surface area contributed by atoms with Gasteiger partial charge in [-0.05, 0) is 86.6 Å². The number of carbonyl (C=O) groups is 2. The molecule has 0 aliphatic heterocycles. The molecule has 0 aliphatic carbocycles. The molecule has 5 aromatic carbocycles. The average Bonchev–Trinajstić information content (AvgIpc) is 3.15. The van der Waals surface area contributed by atoms with E-state index >= 15 is 0 Å². The van der Waals surface area contributed by atoms with E-state index in [1.165, 1.54) is 0 Å². The first-order valence-electron chi connectivity index (χ1n) is 16.5. The molecule has 0 fully saturated rings. The van der Waals surface area contributed by atoms with Crippen molar-refractivity contribution in [2.75, 3.05) is 23.8 Å². The predicted octanol–water partition coefficient (Wildman–Crippen LogP) is 9.42. The van der Waals surface area contributed by atoms with Gasteiger partial charge in [0.05, 0.1) is 46.8 Å². The third-order valence-corrected chi connectivity index (χ3v) is 8.21. The predicted molar refractivity (Wildman–Crippen MR) is 199 cm³/mol. The molecule has 0 unspecified atom stereocenters. The normalized spacial score (nSPS) is 10.9. The van der Waals surface area contributed by atoms with Crippen LogP contribution in [-0.4, -0.2) is 35.0 Å². The van der Waals surface area contributed by atoms with Gasteiger partial charge in [-0.15, -0.1) is 0 Å². The van der Waals surface area contributed by atoms with E-state index in [-0.39, 0.29) is 11.8 Å². The van der Waals surface area contributed by atoms with Gasteiger partial charge in [0.15, 0.2) is 0 Å². The first-order chi connectivity index (χ1) is 24.5. The Morgan fingerprint density at radius 3 is 1.30 bits per heavy atom. The summed E-state index contributed by atoms with van der Waals surface area (Å²) in [7, 11) is 0. The SMILES string of the molecule is CCOc1ccc(NC(=O)c2cc(-c3ccccc3)nc3cc4nc(-c5ccccc5)cc(C(=O)Nc5ccc(OCC)cc5)c4cc23)cc1. The van der Waals surface area contributed by atoms with E-state index in [1.807, 2.05) is 111 Å². The molecule has 2 heterocycles. The Kier molecular flexibility index (Phi) is 9.16. The Balaban J connectivity index is 1.38. The van der Waals surface area contributed by atoms with Gasteiger partial charge in [0.1, 0.15) is 11.5 Å². The lowest BCUT2D eigenvalue weighted by atomic mass is 9.98. The van der Waals surface area contributed by atoms with Crippen LogP contribution in [0.2, 0.25) is 0 Å². The Bertz CT molecular complexity index is 2150. The highest BCUT2D eigenvalue weighted by molar-refractivity contribution is 6.18. The Morgan fingerprint density at radius 2 is 0.920 bits per heavy atom. The molecule has 0 aliphatic rings. The number of hydrogen-bond acceptors (Lipinski definition) is 6. The molecule has 2 amide bonds. The van der Waals surface area contributed by atoms with Crippen LogP contribution in [0, 0.1) is 0 Å². The molecule has 50 heavy (non-hydrogen) atoms. The number of hydrogen-bond donors (Lipinski definition) is 2. The number of benzene rings is 5. The van der Waals surface area contributed by atoms with Gasteiger partial charge in [-0.25, -0.2) is 9.97 Å². The molecule has 246 valence electrons. The maximum Gasteiger partial charge on any atom is 0.256 e. The summed E-state index contributed by atoms with van der Waals surface area (Å²) in [5, 5.41) is 7.24. The van der Waals surface area contributed by atoms with Crippen molar-refractivity contribution in [1.82, 2.24) is 9.97 Å². The number of anilines is 2. The fraction of sp³-hybridized carbons (Fsp3) is 0.0952. The smallest absolute Gasteiger partial charge is 0.256 e. The van der Waals surface area contributed by atoms with E-state index in [0.717, 1.165) is 22.6 Å². The van der Waals surface area contributed by atoms with Gasteiger partial charge in [-0.1, -0.05) is 60.7 Å². The maximum absolute atomic E-state index is 14.1. The molecule has 2 aromatic heterocycles. The van der Waals surface area contributed by atoms with Crippen LogP contribution in [0.25, 0.3) is 44.3 Å². The van der Waals surface area contributed by atoms with Gasteiger partial charge in [0, 0.05) is 33.3 Å². The van der Waals surface area contributed by atoms with E-state index in [0.29, 0.717) is 68.9 Å². The molecule has 0 saturated heterocycles. The van der Waals surface area contributed by atoms with Crippen LogP contribution in [0.4, 0.5) is 11.4 Å². The molecular weight excluding hydrogens is 624 g/mol. The van der Waals surface area contributed by atoms with Crippen molar-refractivity contribution in [3.8, 4) is 34.0 Å². The molecule has 0 radical (unpaired) electrons. The van der Waals surface area contributed by atoms with Crippen molar-refractivity contribution in [2.45, 2.75) is 13.8 Å². The molecule has 2 N–H and O–H groups in total. The molecule has 7 rings (SSSR count). The standard InChI is InChI=1S/C42H34N4O4/c1-3-49-31-19-15-29(16-20-31)43-41(47)35-24-37(27-11-7-5-8-12-27)45-39-26-40-34(23-33(35)39)36(25-38(46-40)28-13-9-6-10-14-28)42(48)44-30-17-21-32(22-18-30)50-4-2/h5-26H,3-4H2,1-2H3,(H,43,47)(H,44,48). The summed E-state index contributed by atoms with van der Waals surface area (Å²) >= 11 is 0. The number of amides is 2. The number of nitrogens with zero attached hydrogens (tertiary/aromatic N) is 2. The molecule has 0 atom stereocenters. The van der Waals surface area contributed by atoms with Gasteiger partial charge >= 0.3 is 0 Å². The number of carbonyl (C=O) groups excluding carboxylic acids is 2. The van der Waals surface area contributed by atoms with Crippen molar-refractivity contribution < 1.29 is 19.1 Å². The summed E-state index contributed by atoms with van der Waals surface area (Å²) in [5.74, 6) is 0.812. The first-order valence-corrected chi connectivity index (χ1v) is 16.5. The molecule has 7 aromatic rings. The number of rotatable bonds is 10. The van der Waals surface area contributed by atoms with Gasteiger partial charge in [0.25, 0.3) is 11.8 Å². The van der Waals surface area contributed by atoms with Crippen LogP contribution >= 0.6 is 0 Å². The Hall–Kier alpha value is -6.54. The van der Waals surface area contributed by atoms with Gasteiger partial charge in [0.2, 0.25) is 0 Å². The van der Waals surface area contributed by atoms with Crippen LogP contribution in [0.5, 0.6) is 11.5 Å². The molecule has 8 nitrogen and oxygen atoms in total. The van der Waals surface area contributed by atoms with Crippen LogP contribution in [0.3, 0.4) is 0 Å². The number of ether oxygens (including phenoxy) is 2. The van der Waals surface area contributed by atoms with E-state index in [9.17, 15) is 9.59 Å². The van der Waals surface area contributed by atoms with Crippen LogP contribution < -0.4 is 20.1 Å². The van der Waals surface area contributed by atoms with Crippen molar-refractivity contribution in [2.24, 2.45) is 0 Å². The molecule has 0 saturated carbocycles. The summed E-state index contributed by atoms with van der Waals surface area (Å²) in [5.41, 5.74) is 6.23. The quantitative estimate of drug-likeness (QED) is 0.142. The number of pyridine rings is 2. The maximum atomic E-state index is 14.1. The fourth-order valence-electron chi connectivity index (χ4n) is 5.84. The highest BCUT2D eigenvalue weighted by Crippen LogP contribution is 2.33. The molecular formula is C42H34N4O4. The lowest BCUT2D eigenvalue weighted by molar-refractivity contribution is 0.102. The van der Waals surface area contributed by atoms with E-state index in [4.69, 9.17) is 19.4 Å².